The van der Waals surface area contributed by atoms with E-state index in [1.165, 1.54) is 30.5 Å². The highest BCUT2D eigenvalue weighted by Crippen LogP contribution is 2.40. The number of nitriles is 2. The zero-order chi connectivity index (χ0) is 33.8. The van der Waals surface area contributed by atoms with Crippen LogP contribution in [0.15, 0.2) is 107 Å². The fourth-order valence-electron chi connectivity index (χ4n) is 5.18. The molecule has 2 N–H and O–H groups in total. The van der Waals surface area contributed by atoms with E-state index in [0.29, 0.717) is 5.56 Å². The van der Waals surface area contributed by atoms with Crippen molar-refractivity contribution in [1.82, 2.24) is 4.98 Å². The molecule has 2 amide bonds. The van der Waals surface area contributed by atoms with Gasteiger partial charge >= 0.3 is 5.97 Å². The van der Waals surface area contributed by atoms with Gasteiger partial charge in [-0.05, 0) is 47.5 Å². The molecule has 1 unspecified atom stereocenters. The maximum absolute atomic E-state index is 13.4. The summed E-state index contributed by atoms with van der Waals surface area (Å²) in [6, 6.07) is 29.5. The Balaban J connectivity index is 1.11. The number of ketones is 1. The molecule has 0 spiro atoms. The highest BCUT2D eigenvalue weighted by Gasteiger charge is 2.41. The van der Waals surface area contributed by atoms with Gasteiger partial charge in [0.15, 0.2) is 12.4 Å². The number of carbonyl (C=O) groups is 4. The number of anilines is 2. The van der Waals surface area contributed by atoms with Crippen LogP contribution >= 0.6 is 11.8 Å². The molecule has 0 bridgehead atoms. The number of Topliss-reactive ketones (excluding diaryl/α,β-unsaturated/α-hetero) is 1. The van der Waals surface area contributed by atoms with Gasteiger partial charge in [0, 0.05) is 12.0 Å². The number of benzene rings is 3. The lowest BCUT2D eigenvalue weighted by Gasteiger charge is -2.16. The van der Waals surface area contributed by atoms with E-state index in [1.54, 1.807) is 24.3 Å². The van der Waals surface area contributed by atoms with Crippen molar-refractivity contribution in [2.24, 2.45) is 0 Å². The Labute approximate surface area is 278 Å². The quantitative estimate of drug-likeness (QED) is 0.115. The molecule has 3 heterocycles. The van der Waals surface area contributed by atoms with Crippen LogP contribution in [0.1, 0.15) is 38.3 Å². The van der Waals surface area contributed by atoms with E-state index in [9.17, 15) is 29.7 Å². The van der Waals surface area contributed by atoms with Gasteiger partial charge < -0.3 is 14.9 Å². The van der Waals surface area contributed by atoms with Crippen LogP contribution in [0, 0.1) is 22.7 Å². The van der Waals surface area contributed by atoms with Crippen molar-refractivity contribution < 1.29 is 28.3 Å². The summed E-state index contributed by atoms with van der Waals surface area (Å²) in [5, 5.41) is 18.8. The highest BCUT2D eigenvalue weighted by atomic mass is 32.2. The average Bonchev–Trinajstić information content (AvgIpc) is 3.75. The molecule has 1 fully saturated rings. The van der Waals surface area contributed by atoms with Crippen molar-refractivity contribution in [3.8, 4) is 34.6 Å². The summed E-state index contributed by atoms with van der Waals surface area (Å²) in [5.74, 6) is -2.09. The van der Waals surface area contributed by atoms with Crippen LogP contribution in [0.25, 0.3) is 22.5 Å². The average molecular weight is 654 g/mol. The van der Waals surface area contributed by atoms with Crippen molar-refractivity contribution in [1.29, 1.82) is 10.5 Å². The normalized spacial score (nSPS) is 14.0. The zero-order valence-electron chi connectivity index (χ0n) is 25.0. The van der Waals surface area contributed by atoms with Crippen LogP contribution in [0.3, 0.4) is 0 Å². The van der Waals surface area contributed by atoms with Gasteiger partial charge in [-0.2, -0.15) is 10.5 Å². The molecule has 2 aromatic heterocycles. The Morgan fingerprint density at radius 1 is 0.896 bits per heavy atom. The number of ether oxygens (including phenoxy) is 1. The maximum Gasteiger partial charge on any atom is 0.338 e. The molecule has 1 atom stereocenters. The van der Waals surface area contributed by atoms with Crippen molar-refractivity contribution in [3.63, 3.8) is 0 Å². The van der Waals surface area contributed by atoms with E-state index < -0.39 is 29.6 Å². The monoisotopic (exact) mass is 653 g/mol. The number of nitrogens with two attached hydrogens (primary N) is 1. The number of furan rings is 1. The Morgan fingerprint density at radius 2 is 1.56 bits per heavy atom. The third-order valence-corrected chi connectivity index (χ3v) is 8.72. The standard InChI is InChI=1S/C36H23N5O6S/c37-18-26-32(29-7-4-16-46-29)27(19-38)34(40-33(26)39)48-30-17-31(43)41(35(30)44)25-14-12-24(13-15-25)36(45)47-20-28(42)23-10-8-22(9-11-23)21-5-2-1-3-6-21/h1-16,30H,17,20H2,(H2,39,40). The first-order valence-corrected chi connectivity index (χ1v) is 15.3. The van der Waals surface area contributed by atoms with E-state index >= 15 is 0 Å². The van der Waals surface area contributed by atoms with Crippen molar-refractivity contribution in [2.75, 3.05) is 17.2 Å². The second-order valence-electron chi connectivity index (χ2n) is 10.5. The molecule has 5 aromatic rings. The van der Waals surface area contributed by atoms with Crippen LogP contribution in [-0.4, -0.2) is 40.4 Å². The summed E-state index contributed by atoms with van der Waals surface area (Å²) in [7, 11) is 0. The maximum atomic E-state index is 13.4. The molecular weight excluding hydrogens is 630 g/mol. The van der Waals surface area contributed by atoms with E-state index in [4.69, 9.17) is 14.9 Å². The second kappa shape index (κ2) is 13.5. The number of nitrogen functional groups attached to an aromatic ring is 1. The molecule has 12 heteroatoms. The number of rotatable bonds is 9. The van der Waals surface area contributed by atoms with Crippen molar-refractivity contribution in [3.05, 3.63) is 120 Å². The zero-order valence-corrected chi connectivity index (χ0v) is 25.8. The lowest BCUT2D eigenvalue weighted by molar-refractivity contribution is -0.121. The highest BCUT2D eigenvalue weighted by molar-refractivity contribution is 8.00. The van der Waals surface area contributed by atoms with Gasteiger partial charge in [-0.25, -0.2) is 14.7 Å². The van der Waals surface area contributed by atoms with Crippen LogP contribution in [0.5, 0.6) is 0 Å². The lowest BCUT2D eigenvalue weighted by atomic mass is 10.0. The van der Waals surface area contributed by atoms with Crippen molar-refractivity contribution >= 4 is 46.8 Å². The summed E-state index contributed by atoms with van der Waals surface area (Å²) in [6.45, 7) is -0.465. The van der Waals surface area contributed by atoms with Gasteiger partial charge in [-0.3, -0.25) is 14.4 Å². The Kier molecular flexibility index (Phi) is 8.83. The second-order valence-corrected chi connectivity index (χ2v) is 11.7. The van der Waals surface area contributed by atoms with Gasteiger partial charge in [0.2, 0.25) is 11.8 Å². The molecule has 6 rings (SSSR count). The number of hydrogen-bond acceptors (Lipinski definition) is 11. The summed E-state index contributed by atoms with van der Waals surface area (Å²) in [6.07, 6.45) is 1.19. The summed E-state index contributed by atoms with van der Waals surface area (Å²) in [5.41, 5.74) is 8.84. The largest absolute Gasteiger partial charge is 0.464 e. The van der Waals surface area contributed by atoms with Gasteiger partial charge in [-0.15, -0.1) is 0 Å². The molecule has 48 heavy (non-hydrogen) atoms. The topological polar surface area (TPSA) is 180 Å². The predicted molar refractivity (Wildman–Crippen MR) is 175 cm³/mol. The SMILES string of the molecule is N#Cc1c(N)nc(SC2CC(=O)N(c3ccc(C(=O)OCC(=O)c4ccc(-c5ccccc5)cc4)cc3)C2=O)c(C#N)c1-c1ccco1. The number of nitrogens with zero attached hydrogens (tertiary/aromatic N) is 4. The van der Waals surface area contributed by atoms with Gasteiger partial charge in [0.1, 0.15) is 34.3 Å². The van der Waals surface area contributed by atoms with Crippen LogP contribution in [0.4, 0.5) is 11.5 Å². The third kappa shape index (κ3) is 6.16. The summed E-state index contributed by atoms with van der Waals surface area (Å²) < 4.78 is 10.6. The number of thioether (sulfide) groups is 1. The Bertz CT molecular complexity index is 2140. The fraction of sp³-hybridized carbons (Fsp3) is 0.0833. The molecule has 1 aliphatic rings. The first-order chi connectivity index (χ1) is 23.3. The van der Waals surface area contributed by atoms with Gasteiger partial charge in [0.25, 0.3) is 0 Å². The number of imide groups is 1. The minimum Gasteiger partial charge on any atom is -0.464 e. The number of esters is 1. The fourth-order valence-corrected chi connectivity index (χ4v) is 6.29. The van der Waals surface area contributed by atoms with Crippen LogP contribution < -0.4 is 10.6 Å². The lowest BCUT2D eigenvalue weighted by Crippen LogP contribution is -2.31. The molecule has 0 aliphatic carbocycles. The number of pyridine rings is 1. The molecule has 1 aliphatic heterocycles. The molecule has 11 nitrogen and oxygen atoms in total. The van der Waals surface area contributed by atoms with E-state index in [1.807, 2.05) is 54.6 Å². The summed E-state index contributed by atoms with van der Waals surface area (Å²) in [4.78, 5) is 56.9. The number of hydrogen-bond donors (Lipinski definition) is 1. The molecule has 0 saturated carbocycles. The molecule has 3 aromatic carbocycles. The Hall–Kier alpha value is -6.50. The minimum absolute atomic E-state index is 0.00931. The number of carbonyl (C=O) groups excluding carboxylic acids is 4. The van der Waals surface area contributed by atoms with Crippen LogP contribution in [-0.2, 0) is 14.3 Å². The van der Waals surface area contributed by atoms with E-state index in [-0.39, 0.29) is 56.7 Å². The smallest absolute Gasteiger partial charge is 0.338 e. The predicted octanol–water partition coefficient (Wildman–Crippen LogP) is 5.80. The molecule has 0 radical (unpaired) electrons. The van der Waals surface area contributed by atoms with Crippen molar-refractivity contribution in [2.45, 2.75) is 16.7 Å². The Morgan fingerprint density at radius 3 is 2.21 bits per heavy atom. The van der Waals surface area contributed by atoms with Gasteiger partial charge in [-0.1, -0.05) is 66.4 Å². The molecule has 1 saturated heterocycles. The van der Waals surface area contributed by atoms with E-state index in [2.05, 4.69) is 4.98 Å². The number of aromatic nitrogens is 1. The number of amides is 2. The summed E-state index contributed by atoms with van der Waals surface area (Å²) >= 11 is 0.890. The van der Waals surface area contributed by atoms with Gasteiger partial charge in [0.05, 0.1) is 33.9 Å². The van der Waals surface area contributed by atoms with Crippen LogP contribution in [0.2, 0.25) is 0 Å². The van der Waals surface area contributed by atoms with E-state index in [0.717, 1.165) is 27.8 Å². The first-order valence-electron chi connectivity index (χ1n) is 14.5. The minimum atomic E-state index is -0.939. The third-order valence-electron chi connectivity index (χ3n) is 7.55. The molecular formula is C36H23N5O6S. The first kappa shape index (κ1) is 31.5. The molecule has 234 valence electrons.